The van der Waals surface area contributed by atoms with Crippen LogP contribution in [-0.2, 0) is 11.3 Å². The summed E-state index contributed by atoms with van der Waals surface area (Å²) in [5.41, 5.74) is 0.0624. The molecular formula is C23H23Cl2N5O5S. The maximum atomic E-state index is 12.5. The number of anilines is 2. The lowest BCUT2D eigenvalue weighted by molar-refractivity contribution is 0.0580. The van der Waals surface area contributed by atoms with Gasteiger partial charge in [0.2, 0.25) is 0 Å². The van der Waals surface area contributed by atoms with Gasteiger partial charge in [0.15, 0.2) is 11.0 Å². The van der Waals surface area contributed by atoms with Crippen LogP contribution < -0.4 is 15.0 Å². The Balaban J connectivity index is 1.82. The number of benzene rings is 1. The van der Waals surface area contributed by atoms with Crippen molar-refractivity contribution >= 4 is 58.8 Å². The third-order valence-electron chi connectivity index (χ3n) is 4.36. The summed E-state index contributed by atoms with van der Waals surface area (Å²) in [6.07, 6.45) is 0.140. The maximum absolute atomic E-state index is 12.5. The number of methoxy groups -OCH3 is 1. The number of carbonyl (C=O) groups is 2. The third kappa shape index (κ3) is 7.12. The van der Waals surface area contributed by atoms with Gasteiger partial charge in [-0.15, -0.1) is 0 Å². The number of pyridine rings is 1. The molecule has 1 aromatic carbocycles. The Morgan fingerprint density at radius 1 is 1.14 bits per heavy atom. The second-order valence-electron chi connectivity index (χ2n) is 8.20. The van der Waals surface area contributed by atoms with Crippen molar-refractivity contribution in [1.29, 1.82) is 0 Å². The zero-order valence-corrected chi connectivity index (χ0v) is 22.1. The first kappa shape index (κ1) is 27.3. The molecule has 13 heteroatoms. The standard InChI is InChI=1S/C23H23Cl2N5O5S/c1-23(2,3)35-22(33)30(21(31)32)20-18(25)27-12-16(29-20)36-15-9-10-26-19(17(15)24)28-11-13-5-7-14(34-4)8-6-13/h5-10,12H,11H2,1-4H3,(H,26,28)(H,31,32). The van der Waals surface area contributed by atoms with Crippen LogP contribution in [0.3, 0.4) is 0 Å². The van der Waals surface area contributed by atoms with Crippen LogP contribution >= 0.6 is 35.0 Å². The summed E-state index contributed by atoms with van der Waals surface area (Å²) < 4.78 is 10.3. The van der Waals surface area contributed by atoms with Crippen LogP contribution in [0.5, 0.6) is 5.75 Å². The van der Waals surface area contributed by atoms with Crippen LogP contribution in [0.1, 0.15) is 26.3 Å². The molecule has 0 spiro atoms. The molecule has 0 fully saturated rings. The SMILES string of the molecule is COc1ccc(CNc2nccc(Sc3cnc(Cl)c(N(C(=O)O)C(=O)OC(C)(C)C)n3)c2Cl)cc1. The summed E-state index contributed by atoms with van der Waals surface area (Å²) in [5, 5.41) is 13.1. The molecule has 190 valence electrons. The van der Waals surface area contributed by atoms with Gasteiger partial charge in [0, 0.05) is 17.6 Å². The van der Waals surface area contributed by atoms with Crippen molar-refractivity contribution in [2.75, 3.05) is 17.3 Å². The lowest BCUT2D eigenvalue weighted by atomic mass is 10.2. The second-order valence-corrected chi connectivity index (χ2v) is 9.99. The normalized spacial score (nSPS) is 11.1. The Kier molecular flexibility index (Phi) is 8.83. The average Bonchev–Trinajstić information content (AvgIpc) is 2.80. The fourth-order valence-electron chi connectivity index (χ4n) is 2.77. The van der Waals surface area contributed by atoms with Crippen LogP contribution in [0.25, 0.3) is 0 Å². The molecule has 0 saturated heterocycles. The van der Waals surface area contributed by atoms with Gasteiger partial charge in [-0.25, -0.2) is 24.5 Å². The van der Waals surface area contributed by atoms with Gasteiger partial charge >= 0.3 is 12.2 Å². The van der Waals surface area contributed by atoms with Gasteiger partial charge in [0.25, 0.3) is 0 Å². The molecule has 3 aromatic rings. The topological polar surface area (TPSA) is 127 Å². The van der Waals surface area contributed by atoms with E-state index in [1.807, 2.05) is 24.3 Å². The van der Waals surface area contributed by atoms with E-state index in [9.17, 15) is 14.7 Å². The van der Waals surface area contributed by atoms with Crippen molar-refractivity contribution in [3.8, 4) is 5.75 Å². The predicted octanol–water partition coefficient (Wildman–Crippen LogP) is 6.37. The van der Waals surface area contributed by atoms with Gasteiger partial charge in [-0.1, -0.05) is 47.1 Å². The molecule has 0 aliphatic heterocycles. The number of carbonyl (C=O) groups excluding carboxylic acids is 1. The van der Waals surface area contributed by atoms with E-state index in [4.69, 9.17) is 32.7 Å². The molecule has 10 nitrogen and oxygen atoms in total. The minimum absolute atomic E-state index is 0.249. The highest BCUT2D eigenvalue weighted by molar-refractivity contribution is 7.99. The lowest BCUT2D eigenvalue weighted by Crippen LogP contribution is -2.41. The molecule has 0 saturated carbocycles. The first-order valence-corrected chi connectivity index (χ1v) is 12.0. The predicted molar refractivity (Wildman–Crippen MR) is 137 cm³/mol. The van der Waals surface area contributed by atoms with Crippen LogP contribution in [0, 0.1) is 0 Å². The molecule has 2 heterocycles. The lowest BCUT2D eigenvalue weighted by Gasteiger charge is -2.24. The summed E-state index contributed by atoms with van der Waals surface area (Å²) in [4.78, 5) is 37.7. The number of rotatable bonds is 7. The van der Waals surface area contributed by atoms with Crippen molar-refractivity contribution in [2.45, 2.75) is 42.8 Å². The first-order valence-electron chi connectivity index (χ1n) is 10.5. The molecule has 0 aliphatic carbocycles. The zero-order valence-electron chi connectivity index (χ0n) is 19.8. The highest BCUT2D eigenvalue weighted by Gasteiger charge is 2.32. The van der Waals surface area contributed by atoms with E-state index < -0.39 is 17.8 Å². The van der Waals surface area contributed by atoms with E-state index in [1.165, 1.54) is 6.20 Å². The fraction of sp³-hybridized carbons (Fsp3) is 0.261. The number of imide groups is 1. The maximum Gasteiger partial charge on any atom is 0.425 e. The quantitative estimate of drug-likeness (QED) is 0.341. The summed E-state index contributed by atoms with van der Waals surface area (Å²) in [6, 6.07) is 9.22. The monoisotopic (exact) mass is 551 g/mol. The first-order chi connectivity index (χ1) is 17.0. The number of ether oxygens (including phenoxy) is 2. The molecule has 0 aliphatic rings. The van der Waals surface area contributed by atoms with Gasteiger partial charge in [0.05, 0.1) is 18.3 Å². The number of hydrogen-bond acceptors (Lipinski definition) is 9. The van der Waals surface area contributed by atoms with Crippen molar-refractivity contribution in [3.63, 3.8) is 0 Å². The Hall–Kier alpha value is -3.28. The summed E-state index contributed by atoms with van der Waals surface area (Å²) >= 11 is 13.7. The summed E-state index contributed by atoms with van der Waals surface area (Å²) in [7, 11) is 1.60. The van der Waals surface area contributed by atoms with Gasteiger partial charge in [-0.05, 0) is 44.5 Å². The smallest absolute Gasteiger partial charge is 0.425 e. The highest BCUT2D eigenvalue weighted by Crippen LogP contribution is 2.37. The molecule has 2 N–H and O–H groups in total. The number of amides is 2. The van der Waals surface area contributed by atoms with Gasteiger partial charge in [-0.2, -0.15) is 4.90 Å². The van der Waals surface area contributed by atoms with Gasteiger partial charge < -0.3 is 19.9 Å². The number of halogens is 2. The number of aromatic nitrogens is 3. The Labute approximate surface area is 222 Å². The Bertz CT molecular complexity index is 1250. The molecule has 0 unspecified atom stereocenters. The minimum atomic E-state index is -1.62. The van der Waals surface area contributed by atoms with Crippen molar-refractivity contribution in [1.82, 2.24) is 15.0 Å². The van der Waals surface area contributed by atoms with Gasteiger partial charge in [-0.3, -0.25) is 0 Å². The van der Waals surface area contributed by atoms with E-state index in [0.29, 0.717) is 27.2 Å². The second kappa shape index (κ2) is 11.6. The van der Waals surface area contributed by atoms with E-state index >= 15 is 0 Å². The average molecular weight is 552 g/mol. The third-order valence-corrected chi connectivity index (χ3v) is 6.08. The Morgan fingerprint density at radius 3 is 2.44 bits per heavy atom. The molecule has 3 rings (SSSR count). The minimum Gasteiger partial charge on any atom is -0.497 e. The number of nitrogens with zero attached hydrogens (tertiary/aromatic N) is 4. The van der Waals surface area contributed by atoms with E-state index in [2.05, 4.69) is 20.3 Å². The summed E-state index contributed by atoms with van der Waals surface area (Å²) in [6.45, 7) is 5.29. The number of hydrogen-bond donors (Lipinski definition) is 2. The molecule has 0 radical (unpaired) electrons. The molecule has 36 heavy (non-hydrogen) atoms. The number of nitrogens with one attached hydrogen (secondary N) is 1. The van der Waals surface area contributed by atoms with Crippen molar-refractivity contribution in [2.24, 2.45) is 0 Å². The zero-order chi connectivity index (χ0) is 26.5. The molecule has 0 bridgehead atoms. The fourth-order valence-corrected chi connectivity index (χ4v) is 4.02. The number of carboxylic acid groups (broad SMARTS) is 1. The molecule has 2 amide bonds. The highest BCUT2D eigenvalue weighted by atomic mass is 35.5. The Morgan fingerprint density at radius 2 is 1.83 bits per heavy atom. The van der Waals surface area contributed by atoms with E-state index in [0.717, 1.165) is 23.1 Å². The van der Waals surface area contributed by atoms with Crippen LogP contribution in [0.4, 0.5) is 21.2 Å². The van der Waals surface area contributed by atoms with Gasteiger partial charge in [0.1, 0.15) is 22.2 Å². The van der Waals surface area contributed by atoms with E-state index in [1.54, 1.807) is 40.1 Å². The van der Waals surface area contributed by atoms with Crippen LogP contribution in [0.2, 0.25) is 10.2 Å². The van der Waals surface area contributed by atoms with Crippen LogP contribution in [-0.4, -0.2) is 45.0 Å². The molecule has 0 atom stereocenters. The molecule has 2 aromatic heterocycles. The molecular weight excluding hydrogens is 529 g/mol. The summed E-state index contributed by atoms with van der Waals surface area (Å²) in [5.74, 6) is 0.817. The largest absolute Gasteiger partial charge is 0.497 e. The van der Waals surface area contributed by atoms with Crippen molar-refractivity contribution in [3.05, 3.63) is 58.5 Å². The van der Waals surface area contributed by atoms with Crippen molar-refractivity contribution < 1.29 is 24.2 Å². The van der Waals surface area contributed by atoms with Crippen LogP contribution in [0.15, 0.2) is 52.6 Å². The van der Waals surface area contributed by atoms with E-state index in [-0.39, 0.29) is 16.0 Å².